The predicted molar refractivity (Wildman–Crippen MR) is 54.8 cm³/mol. The average molecular weight is 181 g/mol. The molecule has 1 aromatic heterocycles. The summed E-state index contributed by atoms with van der Waals surface area (Å²) in [6.07, 6.45) is 0. The molecule has 0 fully saturated rings. The SMILES string of the molecule is CN(C)Cc1ccc(C(C)(C)C)o1. The molecule has 0 aliphatic carbocycles. The number of rotatable bonds is 2. The highest BCUT2D eigenvalue weighted by Gasteiger charge is 2.17. The van der Waals surface area contributed by atoms with Crippen LogP contribution >= 0.6 is 0 Å². The zero-order chi connectivity index (χ0) is 10.1. The van der Waals surface area contributed by atoms with Gasteiger partial charge in [-0.2, -0.15) is 0 Å². The van der Waals surface area contributed by atoms with Crippen LogP contribution in [0.15, 0.2) is 16.5 Å². The molecule has 2 heteroatoms. The minimum Gasteiger partial charge on any atom is -0.464 e. The number of furan rings is 1. The number of hydrogen-bond acceptors (Lipinski definition) is 2. The summed E-state index contributed by atoms with van der Waals surface area (Å²) in [5, 5.41) is 0. The Morgan fingerprint density at radius 1 is 1.23 bits per heavy atom. The van der Waals surface area contributed by atoms with Crippen LogP contribution < -0.4 is 0 Å². The Kier molecular flexibility index (Phi) is 2.81. The Morgan fingerprint density at radius 3 is 2.23 bits per heavy atom. The normalized spacial score (nSPS) is 12.5. The molecule has 0 saturated heterocycles. The quantitative estimate of drug-likeness (QED) is 0.697. The van der Waals surface area contributed by atoms with E-state index in [0.717, 1.165) is 18.1 Å². The predicted octanol–water partition coefficient (Wildman–Crippen LogP) is 2.64. The van der Waals surface area contributed by atoms with Gasteiger partial charge in [-0.1, -0.05) is 20.8 Å². The van der Waals surface area contributed by atoms with Crippen molar-refractivity contribution in [2.45, 2.75) is 32.7 Å². The first-order valence-corrected chi connectivity index (χ1v) is 4.63. The second-order valence-corrected chi connectivity index (χ2v) is 4.75. The van der Waals surface area contributed by atoms with Crippen molar-refractivity contribution in [1.29, 1.82) is 0 Å². The molecule has 1 rings (SSSR count). The second-order valence-electron chi connectivity index (χ2n) is 4.75. The lowest BCUT2D eigenvalue weighted by Gasteiger charge is -2.14. The first-order valence-electron chi connectivity index (χ1n) is 4.63. The standard InChI is InChI=1S/C11H19NO/c1-11(2,3)10-7-6-9(13-10)8-12(4)5/h6-7H,8H2,1-5H3. The Labute approximate surface area is 80.5 Å². The molecule has 0 amide bonds. The van der Waals surface area contributed by atoms with E-state index < -0.39 is 0 Å². The van der Waals surface area contributed by atoms with E-state index >= 15 is 0 Å². The van der Waals surface area contributed by atoms with Crippen LogP contribution in [-0.2, 0) is 12.0 Å². The van der Waals surface area contributed by atoms with Crippen molar-refractivity contribution < 1.29 is 4.42 Å². The van der Waals surface area contributed by atoms with Gasteiger partial charge >= 0.3 is 0 Å². The molecule has 0 spiro atoms. The van der Waals surface area contributed by atoms with Gasteiger partial charge in [0.2, 0.25) is 0 Å². The topological polar surface area (TPSA) is 16.4 Å². The molecule has 0 atom stereocenters. The Morgan fingerprint density at radius 2 is 1.85 bits per heavy atom. The second kappa shape index (κ2) is 3.54. The summed E-state index contributed by atoms with van der Waals surface area (Å²) in [6.45, 7) is 7.35. The van der Waals surface area contributed by atoms with Crippen molar-refractivity contribution in [1.82, 2.24) is 4.90 Å². The highest BCUT2D eigenvalue weighted by Crippen LogP contribution is 2.24. The van der Waals surface area contributed by atoms with Gasteiger partial charge in [0.05, 0.1) is 6.54 Å². The average Bonchev–Trinajstić information content (AvgIpc) is 2.32. The van der Waals surface area contributed by atoms with Gasteiger partial charge in [0, 0.05) is 5.41 Å². The summed E-state index contributed by atoms with van der Waals surface area (Å²) in [5.41, 5.74) is 0.116. The number of hydrogen-bond donors (Lipinski definition) is 0. The maximum atomic E-state index is 5.72. The van der Waals surface area contributed by atoms with Crippen LogP contribution in [0, 0.1) is 0 Å². The fraction of sp³-hybridized carbons (Fsp3) is 0.636. The Balaban J connectivity index is 2.75. The monoisotopic (exact) mass is 181 g/mol. The molecule has 0 N–H and O–H groups in total. The molecule has 13 heavy (non-hydrogen) atoms. The molecule has 2 nitrogen and oxygen atoms in total. The summed E-state index contributed by atoms with van der Waals surface area (Å²) in [4.78, 5) is 2.10. The third kappa shape index (κ3) is 2.88. The van der Waals surface area contributed by atoms with E-state index in [2.05, 4.69) is 37.8 Å². The minimum atomic E-state index is 0.116. The third-order valence-corrected chi connectivity index (χ3v) is 1.87. The van der Waals surface area contributed by atoms with E-state index in [1.54, 1.807) is 0 Å². The first kappa shape index (κ1) is 10.3. The van der Waals surface area contributed by atoms with E-state index in [4.69, 9.17) is 4.42 Å². The molecule has 0 unspecified atom stereocenters. The number of nitrogens with zero attached hydrogens (tertiary/aromatic N) is 1. The molecule has 0 aliphatic heterocycles. The molecule has 0 bridgehead atoms. The van der Waals surface area contributed by atoms with Crippen molar-refractivity contribution >= 4 is 0 Å². The van der Waals surface area contributed by atoms with Gasteiger partial charge in [-0.15, -0.1) is 0 Å². The summed E-state index contributed by atoms with van der Waals surface area (Å²) < 4.78 is 5.72. The molecule has 0 aromatic carbocycles. The minimum absolute atomic E-state index is 0.116. The van der Waals surface area contributed by atoms with Crippen molar-refractivity contribution in [3.63, 3.8) is 0 Å². The molecule has 1 heterocycles. The van der Waals surface area contributed by atoms with E-state index in [-0.39, 0.29) is 5.41 Å². The molecule has 0 aliphatic rings. The third-order valence-electron chi connectivity index (χ3n) is 1.87. The smallest absolute Gasteiger partial charge is 0.118 e. The summed E-state index contributed by atoms with van der Waals surface area (Å²) in [5.74, 6) is 2.10. The van der Waals surface area contributed by atoms with Crippen LogP contribution in [0.4, 0.5) is 0 Å². The van der Waals surface area contributed by atoms with E-state index in [1.807, 2.05) is 14.1 Å². The van der Waals surface area contributed by atoms with Crippen LogP contribution in [0.1, 0.15) is 32.3 Å². The Hall–Kier alpha value is -0.760. The fourth-order valence-electron chi connectivity index (χ4n) is 1.18. The molecule has 74 valence electrons. The van der Waals surface area contributed by atoms with Crippen LogP contribution in [0.3, 0.4) is 0 Å². The first-order chi connectivity index (χ1) is 5.89. The van der Waals surface area contributed by atoms with Crippen molar-refractivity contribution in [3.05, 3.63) is 23.7 Å². The van der Waals surface area contributed by atoms with Crippen molar-refractivity contribution in [2.75, 3.05) is 14.1 Å². The van der Waals surface area contributed by atoms with Crippen LogP contribution in [0.5, 0.6) is 0 Å². The van der Waals surface area contributed by atoms with Crippen molar-refractivity contribution in [3.8, 4) is 0 Å². The van der Waals surface area contributed by atoms with Crippen LogP contribution in [-0.4, -0.2) is 19.0 Å². The van der Waals surface area contributed by atoms with E-state index in [0.29, 0.717) is 0 Å². The van der Waals surface area contributed by atoms with Gasteiger partial charge in [-0.3, -0.25) is 0 Å². The van der Waals surface area contributed by atoms with Crippen LogP contribution in [0.2, 0.25) is 0 Å². The maximum Gasteiger partial charge on any atom is 0.118 e. The lowest BCUT2D eigenvalue weighted by atomic mass is 9.94. The Bertz CT molecular complexity index is 268. The molecular weight excluding hydrogens is 162 g/mol. The zero-order valence-corrected chi connectivity index (χ0v) is 9.22. The summed E-state index contributed by atoms with van der Waals surface area (Å²) in [6, 6.07) is 4.12. The van der Waals surface area contributed by atoms with Gasteiger partial charge in [-0.25, -0.2) is 0 Å². The fourth-order valence-corrected chi connectivity index (χ4v) is 1.18. The summed E-state index contributed by atoms with van der Waals surface area (Å²) in [7, 11) is 4.08. The molecule has 1 aromatic rings. The van der Waals surface area contributed by atoms with Gasteiger partial charge in [0.1, 0.15) is 11.5 Å². The van der Waals surface area contributed by atoms with Gasteiger partial charge in [-0.05, 0) is 26.2 Å². The lowest BCUT2D eigenvalue weighted by molar-refractivity contribution is 0.321. The van der Waals surface area contributed by atoms with Gasteiger partial charge in [0.25, 0.3) is 0 Å². The molecule has 0 radical (unpaired) electrons. The highest BCUT2D eigenvalue weighted by molar-refractivity contribution is 5.14. The largest absolute Gasteiger partial charge is 0.464 e. The highest BCUT2D eigenvalue weighted by atomic mass is 16.3. The van der Waals surface area contributed by atoms with Gasteiger partial charge < -0.3 is 9.32 Å². The van der Waals surface area contributed by atoms with E-state index in [9.17, 15) is 0 Å². The van der Waals surface area contributed by atoms with Crippen molar-refractivity contribution in [2.24, 2.45) is 0 Å². The lowest BCUT2D eigenvalue weighted by Crippen LogP contribution is -2.11. The maximum absolute atomic E-state index is 5.72. The van der Waals surface area contributed by atoms with Crippen LogP contribution in [0.25, 0.3) is 0 Å². The van der Waals surface area contributed by atoms with Gasteiger partial charge in [0.15, 0.2) is 0 Å². The molecular formula is C11H19NO. The summed E-state index contributed by atoms with van der Waals surface area (Å²) >= 11 is 0. The zero-order valence-electron chi connectivity index (χ0n) is 9.22. The molecule has 0 saturated carbocycles. The van der Waals surface area contributed by atoms with E-state index in [1.165, 1.54) is 0 Å².